The minimum absolute atomic E-state index is 0.401. The lowest BCUT2D eigenvalue weighted by Crippen LogP contribution is -2.46. The van der Waals surface area contributed by atoms with Crippen molar-refractivity contribution in [2.75, 3.05) is 26.2 Å². The zero-order chi connectivity index (χ0) is 14.8. The monoisotopic (exact) mass is 328 g/mol. The van der Waals surface area contributed by atoms with Crippen molar-refractivity contribution >= 4 is 23.2 Å². The van der Waals surface area contributed by atoms with Gasteiger partial charge >= 0.3 is 0 Å². The molecule has 2 N–H and O–H groups in total. The first-order chi connectivity index (χ1) is 10.1. The molecule has 2 saturated heterocycles. The Hall–Kier alpha value is -0.390. The van der Waals surface area contributed by atoms with E-state index in [1.807, 2.05) is 0 Å². The number of rotatable bonds is 3. The van der Waals surface area contributed by atoms with Crippen molar-refractivity contribution in [3.63, 3.8) is 0 Å². The number of hydrogen-bond donors (Lipinski definition) is 1. The van der Waals surface area contributed by atoms with Crippen molar-refractivity contribution in [2.45, 2.75) is 37.9 Å². The Morgan fingerprint density at radius 1 is 1.19 bits per heavy atom. The maximum absolute atomic E-state index is 6.23. The van der Waals surface area contributed by atoms with E-state index >= 15 is 0 Å². The van der Waals surface area contributed by atoms with Gasteiger partial charge in [-0.05, 0) is 38.4 Å². The smallest absolute Gasteiger partial charge is 0.130 e. The molecule has 0 radical (unpaired) electrons. The van der Waals surface area contributed by atoms with Gasteiger partial charge in [0.2, 0.25) is 0 Å². The molecular weight excluding hydrogens is 307 g/mol. The van der Waals surface area contributed by atoms with E-state index in [4.69, 9.17) is 28.9 Å². The lowest BCUT2D eigenvalue weighted by molar-refractivity contribution is 0.151. The molecule has 2 aliphatic heterocycles. The second-order valence-electron chi connectivity index (χ2n) is 6.15. The quantitative estimate of drug-likeness (QED) is 0.865. The van der Waals surface area contributed by atoms with E-state index in [0.717, 1.165) is 51.1 Å². The molecule has 21 heavy (non-hydrogen) atoms. The van der Waals surface area contributed by atoms with Crippen LogP contribution in [0.1, 0.15) is 24.8 Å². The molecule has 1 atom stereocenters. The summed E-state index contributed by atoms with van der Waals surface area (Å²) in [6.07, 6.45) is 5.28. The molecule has 2 fully saturated rings. The van der Waals surface area contributed by atoms with Crippen LogP contribution in [0.25, 0.3) is 0 Å². The summed E-state index contributed by atoms with van der Waals surface area (Å²) in [5.74, 6) is 0. The van der Waals surface area contributed by atoms with Gasteiger partial charge in [0.15, 0.2) is 0 Å². The van der Waals surface area contributed by atoms with Gasteiger partial charge in [0.1, 0.15) is 5.15 Å². The molecule has 0 aromatic carbocycles. The van der Waals surface area contributed by atoms with E-state index < -0.39 is 0 Å². The summed E-state index contributed by atoms with van der Waals surface area (Å²) in [5.41, 5.74) is 7.04. The van der Waals surface area contributed by atoms with Crippen LogP contribution in [0.4, 0.5) is 0 Å². The third-order valence-electron chi connectivity index (χ3n) is 4.63. The van der Waals surface area contributed by atoms with Crippen molar-refractivity contribution in [1.82, 2.24) is 14.8 Å². The number of aromatic nitrogens is 1. The summed E-state index contributed by atoms with van der Waals surface area (Å²) in [5, 5.41) is 1.16. The summed E-state index contributed by atoms with van der Waals surface area (Å²) in [6.45, 7) is 5.36. The van der Waals surface area contributed by atoms with E-state index in [2.05, 4.69) is 14.8 Å². The minimum Gasteiger partial charge on any atom is -0.328 e. The number of likely N-dealkylation sites (tertiary alicyclic amines) is 2. The minimum atomic E-state index is 0.401. The van der Waals surface area contributed by atoms with E-state index in [1.165, 1.54) is 6.42 Å². The lowest BCUT2D eigenvalue weighted by atomic mass is 10.0. The van der Waals surface area contributed by atoms with Gasteiger partial charge in [0.25, 0.3) is 0 Å². The molecule has 2 aliphatic rings. The fraction of sp³-hybridized carbons (Fsp3) is 0.667. The van der Waals surface area contributed by atoms with Gasteiger partial charge in [-0.15, -0.1) is 0 Å². The molecule has 0 amide bonds. The molecule has 0 aliphatic carbocycles. The zero-order valence-electron chi connectivity index (χ0n) is 12.1. The van der Waals surface area contributed by atoms with Crippen LogP contribution >= 0.6 is 23.2 Å². The molecule has 1 unspecified atom stereocenters. The highest BCUT2D eigenvalue weighted by molar-refractivity contribution is 6.34. The summed E-state index contributed by atoms with van der Waals surface area (Å²) >= 11 is 12.1. The average Bonchev–Trinajstić information content (AvgIpc) is 2.91. The second-order valence-corrected chi connectivity index (χ2v) is 6.94. The molecule has 6 heteroatoms. The Morgan fingerprint density at radius 2 is 1.95 bits per heavy atom. The molecule has 3 heterocycles. The van der Waals surface area contributed by atoms with Crippen LogP contribution < -0.4 is 5.73 Å². The van der Waals surface area contributed by atoms with Crippen LogP contribution in [0.2, 0.25) is 10.2 Å². The summed E-state index contributed by atoms with van der Waals surface area (Å²) in [4.78, 5) is 9.19. The predicted molar refractivity (Wildman–Crippen MR) is 86.7 cm³/mol. The second kappa shape index (κ2) is 6.80. The van der Waals surface area contributed by atoms with E-state index in [1.54, 1.807) is 12.3 Å². The fourth-order valence-corrected chi connectivity index (χ4v) is 3.76. The fourth-order valence-electron chi connectivity index (χ4n) is 3.33. The van der Waals surface area contributed by atoms with Gasteiger partial charge in [-0.25, -0.2) is 4.98 Å². The van der Waals surface area contributed by atoms with Gasteiger partial charge in [0.05, 0.1) is 0 Å². The van der Waals surface area contributed by atoms with Crippen molar-refractivity contribution in [3.8, 4) is 0 Å². The highest BCUT2D eigenvalue weighted by atomic mass is 35.5. The predicted octanol–water partition coefficient (Wildman–Crippen LogP) is 2.39. The summed E-state index contributed by atoms with van der Waals surface area (Å²) < 4.78 is 0. The standard InChI is InChI=1S/C15H22Cl2N4/c16-14-7-15(17)19-8-11(14)9-20-4-3-13(10-20)21-5-1-12(18)2-6-21/h7-8,12-13H,1-6,9-10,18H2. The van der Waals surface area contributed by atoms with E-state index in [-0.39, 0.29) is 0 Å². The first kappa shape index (κ1) is 15.5. The first-order valence-electron chi connectivity index (χ1n) is 7.64. The summed E-state index contributed by atoms with van der Waals surface area (Å²) in [7, 11) is 0. The Bertz CT molecular complexity index is 489. The zero-order valence-corrected chi connectivity index (χ0v) is 13.7. The Balaban J connectivity index is 1.55. The Kier molecular flexibility index (Phi) is 5.02. The molecule has 0 saturated carbocycles. The SMILES string of the molecule is NC1CCN(C2CCN(Cc3cnc(Cl)cc3Cl)C2)CC1. The van der Waals surface area contributed by atoms with Gasteiger partial charge in [-0.1, -0.05) is 23.2 Å². The van der Waals surface area contributed by atoms with Gasteiger partial charge in [-0.2, -0.15) is 0 Å². The molecule has 3 rings (SSSR count). The number of pyridine rings is 1. The van der Waals surface area contributed by atoms with Gasteiger partial charge in [0, 0.05) is 48.5 Å². The molecule has 4 nitrogen and oxygen atoms in total. The van der Waals surface area contributed by atoms with Crippen LogP contribution in [0.5, 0.6) is 0 Å². The highest BCUT2D eigenvalue weighted by Crippen LogP contribution is 2.24. The van der Waals surface area contributed by atoms with Crippen molar-refractivity contribution in [3.05, 3.63) is 28.0 Å². The number of halogens is 2. The molecular formula is C15H22Cl2N4. The number of hydrogen-bond acceptors (Lipinski definition) is 4. The number of nitrogens with zero attached hydrogens (tertiary/aromatic N) is 3. The Morgan fingerprint density at radius 3 is 2.67 bits per heavy atom. The van der Waals surface area contributed by atoms with Gasteiger partial charge in [-0.3, -0.25) is 9.80 Å². The normalized spacial score (nSPS) is 25.6. The third kappa shape index (κ3) is 3.88. The van der Waals surface area contributed by atoms with E-state index in [0.29, 0.717) is 22.3 Å². The number of piperidine rings is 1. The van der Waals surface area contributed by atoms with Gasteiger partial charge < -0.3 is 5.73 Å². The molecule has 0 spiro atoms. The van der Waals surface area contributed by atoms with Crippen LogP contribution in [0.3, 0.4) is 0 Å². The van der Waals surface area contributed by atoms with Crippen LogP contribution in [-0.4, -0.2) is 53.0 Å². The number of nitrogens with two attached hydrogens (primary N) is 1. The molecule has 1 aromatic rings. The molecule has 1 aromatic heterocycles. The largest absolute Gasteiger partial charge is 0.328 e. The lowest BCUT2D eigenvalue weighted by Gasteiger charge is -2.34. The van der Waals surface area contributed by atoms with Crippen LogP contribution in [0, 0.1) is 0 Å². The van der Waals surface area contributed by atoms with Crippen LogP contribution in [0.15, 0.2) is 12.3 Å². The Labute approximate surface area is 136 Å². The maximum Gasteiger partial charge on any atom is 0.130 e. The maximum atomic E-state index is 6.23. The third-order valence-corrected chi connectivity index (χ3v) is 5.19. The van der Waals surface area contributed by atoms with Crippen molar-refractivity contribution in [1.29, 1.82) is 0 Å². The average molecular weight is 329 g/mol. The van der Waals surface area contributed by atoms with Crippen molar-refractivity contribution < 1.29 is 0 Å². The molecule has 116 valence electrons. The summed E-state index contributed by atoms with van der Waals surface area (Å²) in [6, 6.07) is 2.78. The van der Waals surface area contributed by atoms with E-state index in [9.17, 15) is 0 Å². The van der Waals surface area contributed by atoms with Crippen molar-refractivity contribution in [2.24, 2.45) is 5.73 Å². The molecule has 0 bridgehead atoms. The first-order valence-corrected chi connectivity index (χ1v) is 8.39. The topological polar surface area (TPSA) is 45.4 Å². The highest BCUT2D eigenvalue weighted by Gasteiger charge is 2.29. The van der Waals surface area contributed by atoms with Crippen LogP contribution in [-0.2, 0) is 6.54 Å².